The first-order valence-corrected chi connectivity index (χ1v) is 12.2. The van der Waals surface area contributed by atoms with Crippen molar-refractivity contribution < 1.29 is 36.3 Å². The molecule has 1 heterocycles. The average Bonchev–Trinajstić information content (AvgIpc) is 2.84. The first-order chi connectivity index (χ1) is 17.0. The molecular formula is C24H22F3N3O5S. The normalized spacial score (nSPS) is 13.0. The number of carboxylic acids is 1. The molecule has 0 unspecified atom stereocenters. The number of nitrogens with one attached hydrogen (secondary N) is 2. The van der Waals surface area contributed by atoms with Crippen LogP contribution in [0.4, 0.5) is 24.7 Å². The lowest BCUT2D eigenvalue weighted by Gasteiger charge is -2.16. The second-order valence-electron chi connectivity index (χ2n) is 7.79. The maximum absolute atomic E-state index is 12.6. The standard InChI is InChI=1S/C22H21N3O3S.C2HF3O2/c26-22(18-9-8-16-5-1-2-6-17(16)15-18)24-19-10-12-20(13-11-19)29(27,28)25-21-7-3-4-14-23-21;3-2(4,5)1(6)7/h3-4,7-15H,1-2,5-6H2,(H,23,25)(H,24,26);(H,6,7). The predicted octanol–water partition coefficient (Wildman–Crippen LogP) is 4.65. The van der Waals surface area contributed by atoms with Gasteiger partial charge >= 0.3 is 12.1 Å². The summed E-state index contributed by atoms with van der Waals surface area (Å²) in [7, 11) is -3.75. The molecule has 0 saturated carbocycles. The largest absolute Gasteiger partial charge is 0.490 e. The van der Waals surface area contributed by atoms with E-state index in [4.69, 9.17) is 9.90 Å². The molecule has 0 saturated heterocycles. The highest BCUT2D eigenvalue weighted by Crippen LogP contribution is 2.23. The van der Waals surface area contributed by atoms with Crippen LogP contribution in [0.3, 0.4) is 0 Å². The number of amides is 1. The molecule has 0 aliphatic heterocycles. The Morgan fingerprint density at radius 1 is 0.917 bits per heavy atom. The van der Waals surface area contributed by atoms with Gasteiger partial charge in [0.05, 0.1) is 4.90 Å². The Labute approximate surface area is 205 Å². The third-order valence-corrected chi connectivity index (χ3v) is 6.55. The number of nitrogens with zero attached hydrogens (tertiary/aromatic N) is 1. The van der Waals surface area contributed by atoms with E-state index in [1.165, 1.54) is 35.9 Å². The summed E-state index contributed by atoms with van der Waals surface area (Å²) in [6, 6.07) is 16.9. The molecule has 3 N–H and O–H groups in total. The molecule has 0 radical (unpaired) electrons. The monoisotopic (exact) mass is 521 g/mol. The number of rotatable bonds is 5. The molecule has 0 bridgehead atoms. The molecule has 1 amide bonds. The van der Waals surface area contributed by atoms with Crippen LogP contribution in [0.15, 0.2) is 71.8 Å². The lowest BCUT2D eigenvalue weighted by Crippen LogP contribution is -2.21. The quantitative estimate of drug-likeness (QED) is 0.449. The maximum Gasteiger partial charge on any atom is 0.490 e. The molecular weight excluding hydrogens is 499 g/mol. The Balaban J connectivity index is 0.000000454. The van der Waals surface area contributed by atoms with Gasteiger partial charge in [-0.05, 0) is 85.3 Å². The Kier molecular flexibility index (Phi) is 8.30. The highest BCUT2D eigenvalue weighted by Gasteiger charge is 2.38. The Morgan fingerprint density at radius 2 is 1.56 bits per heavy atom. The van der Waals surface area contributed by atoms with Crippen molar-refractivity contribution in [3.05, 3.63) is 83.6 Å². The second kappa shape index (κ2) is 11.2. The van der Waals surface area contributed by atoms with Crippen LogP contribution in [0.2, 0.25) is 0 Å². The van der Waals surface area contributed by atoms with Crippen molar-refractivity contribution in [3.8, 4) is 0 Å². The van der Waals surface area contributed by atoms with Crippen molar-refractivity contribution in [2.45, 2.75) is 36.8 Å². The number of anilines is 2. The molecule has 1 aromatic heterocycles. The van der Waals surface area contributed by atoms with Gasteiger partial charge in [0.15, 0.2) is 0 Å². The van der Waals surface area contributed by atoms with E-state index in [0.29, 0.717) is 11.3 Å². The zero-order valence-electron chi connectivity index (χ0n) is 18.7. The number of carbonyl (C=O) groups is 2. The molecule has 0 atom stereocenters. The lowest BCUT2D eigenvalue weighted by atomic mass is 9.90. The summed E-state index contributed by atoms with van der Waals surface area (Å²) in [5.74, 6) is -2.72. The summed E-state index contributed by atoms with van der Waals surface area (Å²) in [4.78, 5) is 25.5. The number of sulfonamides is 1. The van der Waals surface area contributed by atoms with E-state index in [2.05, 4.69) is 15.0 Å². The minimum Gasteiger partial charge on any atom is -0.475 e. The van der Waals surface area contributed by atoms with Crippen LogP contribution in [0.1, 0.15) is 34.3 Å². The summed E-state index contributed by atoms with van der Waals surface area (Å²) >= 11 is 0. The topological polar surface area (TPSA) is 125 Å². The van der Waals surface area contributed by atoms with E-state index in [9.17, 15) is 26.4 Å². The third kappa shape index (κ3) is 7.28. The summed E-state index contributed by atoms with van der Waals surface area (Å²) in [5.41, 5.74) is 3.71. The van der Waals surface area contributed by atoms with E-state index >= 15 is 0 Å². The second-order valence-corrected chi connectivity index (χ2v) is 9.47. The van der Waals surface area contributed by atoms with Crippen molar-refractivity contribution in [2.75, 3.05) is 10.0 Å². The number of carboxylic acid groups (broad SMARTS) is 1. The van der Waals surface area contributed by atoms with Gasteiger partial charge in [-0.3, -0.25) is 9.52 Å². The van der Waals surface area contributed by atoms with Gasteiger partial charge in [0.1, 0.15) is 5.82 Å². The fourth-order valence-corrected chi connectivity index (χ4v) is 4.42. The molecule has 1 aliphatic rings. The fourth-order valence-electron chi connectivity index (χ4n) is 3.42. The number of aryl methyl sites for hydroxylation is 2. The van der Waals surface area contributed by atoms with E-state index in [-0.39, 0.29) is 16.6 Å². The summed E-state index contributed by atoms with van der Waals surface area (Å²) < 4.78 is 59.1. The SMILES string of the molecule is O=C(Nc1ccc(S(=O)(=O)Nc2ccccn2)cc1)c1ccc2c(c1)CCCC2.O=C(O)C(F)(F)F. The van der Waals surface area contributed by atoms with Crippen LogP contribution < -0.4 is 10.0 Å². The van der Waals surface area contributed by atoms with Gasteiger partial charge in [-0.15, -0.1) is 0 Å². The van der Waals surface area contributed by atoms with Crippen LogP contribution in [0, 0.1) is 0 Å². The molecule has 3 aromatic rings. The highest BCUT2D eigenvalue weighted by atomic mass is 32.2. The van der Waals surface area contributed by atoms with Crippen LogP contribution in [0.5, 0.6) is 0 Å². The zero-order valence-corrected chi connectivity index (χ0v) is 19.6. The van der Waals surface area contributed by atoms with Gasteiger partial charge in [0.25, 0.3) is 15.9 Å². The molecule has 8 nitrogen and oxygen atoms in total. The van der Waals surface area contributed by atoms with Crippen LogP contribution in [0.25, 0.3) is 0 Å². The summed E-state index contributed by atoms with van der Waals surface area (Å²) in [6.07, 6.45) is 0.854. The van der Waals surface area contributed by atoms with Crippen molar-refractivity contribution >= 4 is 33.4 Å². The maximum atomic E-state index is 12.6. The van der Waals surface area contributed by atoms with Crippen LogP contribution >= 0.6 is 0 Å². The van der Waals surface area contributed by atoms with E-state index in [1.807, 2.05) is 18.2 Å². The minimum absolute atomic E-state index is 0.0925. The highest BCUT2D eigenvalue weighted by molar-refractivity contribution is 7.92. The fraction of sp³-hybridized carbons (Fsp3) is 0.208. The Morgan fingerprint density at radius 3 is 2.14 bits per heavy atom. The number of benzene rings is 2. The number of fused-ring (bicyclic) bond motifs is 1. The number of hydrogen-bond donors (Lipinski definition) is 3. The third-order valence-electron chi connectivity index (χ3n) is 5.18. The van der Waals surface area contributed by atoms with Gasteiger partial charge in [-0.1, -0.05) is 12.1 Å². The molecule has 0 fully saturated rings. The van der Waals surface area contributed by atoms with Crippen LogP contribution in [-0.2, 0) is 27.7 Å². The number of carbonyl (C=O) groups excluding carboxylic acids is 1. The number of halogens is 3. The van der Waals surface area contributed by atoms with E-state index in [0.717, 1.165) is 19.3 Å². The average molecular weight is 522 g/mol. The first-order valence-electron chi connectivity index (χ1n) is 10.7. The van der Waals surface area contributed by atoms with E-state index in [1.54, 1.807) is 30.3 Å². The number of hydrogen-bond acceptors (Lipinski definition) is 5. The van der Waals surface area contributed by atoms with Gasteiger partial charge in [0.2, 0.25) is 0 Å². The van der Waals surface area contributed by atoms with Crippen molar-refractivity contribution in [2.24, 2.45) is 0 Å². The van der Waals surface area contributed by atoms with Crippen molar-refractivity contribution in [3.63, 3.8) is 0 Å². The van der Waals surface area contributed by atoms with Crippen LogP contribution in [-0.4, -0.2) is 36.6 Å². The molecule has 12 heteroatoms. The summed E-state index contributed by atoms with van der Waals surface area (Å²) in [6.45, 7) is 0. The van der Waals surface area contributed by atoms with Crippen molar-refractivity contribution in [1.82, 2.24) is 4.98 Å². The first kappa shape index (κ1) is 26.7. The number of alkyl halides is 3. The molecule has 4 rings (SSSR count). The Hall–Kier alpha value is -3.93. The predicted molar refractivity (Wildman–Crippen MR) is 126 cm³/mol. The molecule has 1 aliphatic carbocycles. The molecule has 190 valence electrons. The van der Waals surface area contributed by atoms with Gasteiger partial charge < -0.3 is 10.4 Å². The van der Waals surface area contributed by atoms with E-state index < -0.39 is 22.2 Å². The molecule has 36 heavy (non-hydrogen) atoms. The molecule has 2 aromatic carbocycles. The lowest BCUT2D eigenvalue weighted by molar-refractivity contribution is -0.192. The number of aliphatic carboxylic acids is 1. The van der Waals surface area contributed by atoms with Crippen molar-refractivity contribution in [1.29, 1.82) is 0 Å². The van der Waals surface area contributed by atoms with Gasteiger partial charge in [-0.2, -0.15) is 13.2 Å². The summed E-state index contributed by atoms with van der Waals surface area (Å²) in [5, 5.41) is 9.95. The Bertz CT molecular complexity index is 1330. The smallest absolute Gasteiger partial charge is 0.475 e. The van der Waals surface area contributed by atoms with Gasteiger partial charge in [0, 0.05) is 17.4 Å². The number of pyridine rings is 1. The molecule has 0 spiro atoms. The zero-order chi connectivity index (χ0) is 26.3. The number of aromatic nitrogens is 1. The van der Waals surface area contributed by atoms with Gasteiger partial charge in [-0.25, -0.2) is 18.2 Å². The minimum atomic E-state index is -5.08.